The number of nitrogens with one attached hydrogen (secondary N) is 1. The van der Waals surface area contributed by atoms with E-state index in [0.29, 0.717) is 16.6 Å². The summed E-state index contributed by atoms with van der Waals surface area (Å²) in [6.07, 6.45) is 0. The summed E-state index contributed by atoms with van der Waals surface area (Å²) >= 11 is 11.7. The largest absolute Gasteiger partial charge is 0.343 e. The van der Waals surface area contributed by atoms with Crippen LogP contribution in [0.3, 0.4) is 0 Å². The highest BCUT2D eigenvalue weighted by atomic mass is 35.5. The average molecular weight is 287 g/mol. The smallest absolute Gasteiger partial charge is 0.245 e. The minimum Gasteiger partial charge on any atom is -0.343 e. The number of piperazine rings is 1. The SMILES string of the molecule is CC1NC(=O)CN(Cc2ccc(Cl)c(Cl)c2)C1=O. The molecule has 4 nitrogen and oxygen atoms in total. The number of carbonyl (C=O) groups excluding carboxylic acids is 2. The summed E-state index contributed by atoms with van der Waals surface area (Å²) in [7, 11) is 0. The lowest BCUT2D eigenvalue weighted by molar-refractivity contribution is -0.144. The highest BCUT2D eigenvalue weighted by Gasteiger charge is 2.29. The van der Waals surface area contributed by atoms with Crippen molar-refractivity contribution < 1.29 is 9.59 Å². The monoisotopic (exact) mass is 286 g/mol. The summed E-state index contributed by atoms with van der Waals surface area (Å²) in [6, 6.07) is 4.69. The number of hydrogen-bond donors (Lipinski definition) is 1. The van der Waals surface area contributed by atoms with Crippen LogP contribution in [0.25, 0.3) is 0 Å². The highest BCUT2D eigenvalue weighted by molar-refractivity contribution is 6.42. The van der Waals surface area contributed by atoms with E-state index in [1.54, 1.807) is 25.1 Å². The Morgan fingerprint density at radius 1 is 1.33 bits per heavy atom. The molecule has 1 fully saturated rings. The summed E-state index contributed by atoms with van der Waals surface area (Å²) in [5, 5.41) is 3.50. The molecule has 1 saturated heterocycles. The van der Waals surface area contributed by atoms with Crippen LogP contribution in [-0.2, 0) is 16.1 Å². The number of amides is 2. The minimum absolute atomic E-state index is 0.0728. The van der Waals surface area contributed by atoms with Gasteiger partial charge in [-0.2, -0.15) is 0 Å². The Morgan fingerprint density at radius 2 is 2.06 bits per heavy atom. The van der Waals surface area contributed by atoms with E-state index >= 15 is 0 Å². The Morgan fingerprint density at radius 3 is 2.72 bits per heavy atom. The standard InChI is InChI=1S/C12H12Cl2N2O2/c1-7-12(18)16(6-11(17)15-7)5-8-2-3-9(13)10(14)4-8/h2-4,7H,5-6H2,1H3,(H,15,17). The van der Waals surface area contributed by atoms with Crippen LogP contribution in [0.4, 0.5) is 0 Å². The highest BCUT2D eigenvalue weighted by Crippen LogP contribution is 2.23. The first-order valence-electron chi connectivity index (χ1n) is 5.49. The molecule has 1 heterocycles. The normalized spacial score (nSPS) is 19.9. The Kier molecular flexibility index (Phi) is 3.78. The van der Waals surface area contributed by atoms with Crippen molar-refractivity contribution in [1.29, 1.82) is 0 Å². The van der Waals surface area contributed by atoms with Crippen molar-refractivity contribution in [3.63, 3.8) is 0 Å². The third kappa shape index (κ3) is 2.76. The van der Waals surface area contributed by atoms with Gasteiger partial charge in [-0.1, -0.05) is 29.3 Å². The van der Waals surface area contributed by atoms with Gasteiger partial charge in [0.15, 0.2) is 0 Å². The van der Waals surface area contributed by atoms with Gasteiger partial charge < -0.3 is 10.2 Å². The Bertz CT molecular complexity index is 505. The van der Waals surface area contributed by atoms with E-state index in [-0.39, 0.29) is 18.4 Å². The lowest BCUT2D eigenvalue weighted by Crippen LogP contribution is -2.56. The molecule has 2 amide bonds. The van der Waals surface area contributed by atoms with E-state index in [1.807, 2.05) is 0 Å². The van der Waals surface area contributed by atoms with Gasteiger partial charge in [0, 0.05) is 6.54 Å². The molecule has 0 saturated carbocycles. The molecule has 1 aliphatic heterocycles. The molecule has 0 spiro atoms. The third-order valence-electron chi connectivity index (χ3n) is 2.75. The molecular weight excluding hydrogens is 275 g/mol. The first-order valence-corrected chi connectivity index (χ1v) is 6.25. The van der Waals surface area contributed by atoms with Crippen LogP contribution in [0.5, 0.6) is 0 Å². The second kappa shape index (κ2) is 5.16. The summed E-state index contributed by atoms with van der Waals surface area (Å²) in [5.41, 5.74) is 0.847. The molecule has 1 aromatic rings. The van der Waals surface area contributed by atoms with Crippen molar-refractivity contribution in [2.24, 2.45) is 0 Å². The number of carbonyl (C=O) groups is 2. The molecule has 0 radical (unpaired) electrons. The van der Waals surface area contributed by atoms with Crippen LogP contribution < -0.4 is 5.32 Å². The van der Waals surface area contributed by atoms with Crippen LogP contribution in [0.15, 0.2) is 18.2 Å². The number of rotatable bonds is 2. The van der Waals surface area contributed by atoms with Crippen LogP contribution in [0.1, 0.15) is 12.5 Å². The quantitative estimate of drug-likeness (QED) is 0.902. The summed E-state index contributed by atoms with van der Waals surface area (Å²) in [5.74, 6) is -0.247. The van der Waals surface area contributed by atoms with Gasteiger partial charge in [-0.15, -0.1) is 0 Å². The zero-order valence-corrected chi connectivity index (χ0v) is 11.3. The van der Waals surface area contributed by atoms with E-state index in [0.717, 1.165) is 5.56 Å². The summed E-state index contributed by atoms with van der Waals surface area (Å²) < 4.78 is 0. The minimum atomic E-state index is -0.478. The Balaban J connectivity index is 2.14. The number of halogens is 2. The Labute approximate surface area is 115 Å². The second-order valence-electron chi connectivity index (χ2n) is 4.23. The molecule has 2 rings (SSSR count). The van der Waals surface area contributed by atoms with Crippen molar-refractivity contribution in [2.45, 2.75) is 19.5 Å². The van der Waals surface area contributed by atoms with Gasteiger partial charge in [0.2, 0.25) is 11.8 Å². The third-order valence-corrected chi connectivity index (χ3v) is 3.49. The van der Waals surface area contributed by atoms with E-state index in [1.165, 1.54) is 4.90 Å². The lowest BCUT2D eigenvalue weighted by atomic mass is 10.1. The lowest BCUT2D eigenvalue weighted by Gasteiger charge is -2.30. The molecular formula is C12H12Cl2N2O2. The zero-order valence-electron chi connectivity index (χ0n) is 9.74. The van der Waals surface area contributed by atoms with E-state index in [2.05, 4.69) is 5.32 Å². The number of nitrogens with zero attached hydrogens (tertiary/aromatic N) is 1. The van der Waals surface area contributed by atoms with Crippen molar-refractivity contribution in [3.8, 4) is 0 Å². The first kappa shape index (κ1) is 13.2. The predicted octanol–water partition coefficient (Wildman–Crippen LogP) is 1.84. The molecule has 0 aromatic heterocycles. The topological polar surface area (TPSA) is 49.4 Å². The molecule has 1 atom stereocenters. The fraction of sp³-hybridized carbons (Fsp3) is 0.333. The van der Waals surface area contributed by atoms with Crippen LogP contribution in [0, 0.1) is 0 Å². The van der Waals surface area contributed by atoms with Gasteiger partial charge in [-0.25, -0.2) is 0 Å². The first-order chi connectivity index (χ1) is 8.47. The fourth-order valence-electron chi connectivity index (χ4n) is 1.87. The molecule has 96 valence electrons. The summed E-state index contributed by atoms with van der Waals surface area (Å²) in [6.45, 7) is 2.10. The van der Waals surface area contributed by atoms with Crippen molar-refractivity contribution in [2.75, 3.05) is 6.54 Å². The maximum absolute atomic E-state index is 11.9. The van der Waals surface area contributed by atoms with Gasteiger partial charge in [0.25, 0.3) is 0 Å². The van der Waals surface area contributed by atoms with Crippen molar-refractivity contribution in [1.82, 2.24) is 10.2 Å². The van der Waals surface area contributed by atoms with Crippen LogP contribution in [-0.4, -0.2) is 29.3 Å². The van der Waals surface area contributed by atoms with Gasteiger partial charge in [-0.3, -0.25) is 9.59 Å². The van der Waals surface area contributed by atoms with Crippen LogP contribution in [0.2, 0.25) is 10.0 Å². The number of hydrogen-bond acceptors (Lipinski definition) is 2. The van der Waals surface area contributed by atoms with Crippen LogP contribution >= 0.6 is 23.2 Å². The zero-order chi connectivity index (χ0) is 13.3. The maximum atomic E-state index is 11.9. The van der Waals surface area contributed by atoms with Crippen molar-refractivity contribution in [3.05, 3.63) is 33.8 Å². The van der Waals surface area contributed by atoms with Crippen molar-refractivity contribution >= 4 is 35.0 Å². The average Bonchev–Trinajstić information content (AvgIpc) is 2.30. The number of benzene rings is 1. The molecule has 1 aliphatic rings. The van der Waals surface area contributed by atoms with Gasteiger partial charge in [0.1, 0.15) is 6.04 Å². The fourth-order valence-corrected chi connectivity index (χ4v) is 2.19. The molecule has 0 bridgehead atoms. The van der Waals surface area contributed by atoms with E-state index in [4.69, 9.17) is 23.2 Å². The molecule has 1 N–H and O–H groups in total. The molecule has 18 heavy (non-hydrogen) atoms. The van der Waals surface area contributed by atoms with Gasteiger partial charge in [0.05, 0.1) is 16.6 Å². The molecule has 6 heteroatoms. The second-order valence-corrected chi connectivity index (χ2v) is 5.05. The summed E-state index contributed by atoms with van der Waals surface area (Å²) in [4.78, 5) is 24.8. The van der Waals surface area contributed by atoms with Gasteiger partial charge >= 0.3 is 0 Å². The predicted molar refractivity (Wildman–Crippen MR) is 69.5 cm³/mol. The Hall–Kier alpha value is -1.26. The van der Waals surface area contributed by atoms with E-state index in [9.17, 15) is 9.59 Å². The molecule has 1 aromatic carbocycles. The maximum Gasteiger partial charge on any atom is 0.245 e. The molecule has 1 unspecified atom stereocenters. The van der Waals surface area contributed by atoms with Gasteiger partial charge in [-0.05, 0) is 24.6 Å². The van der Waals surface area contributed by atoms with E-state index < -0.39 is 6.04 Å². The molecule has 0 aliphatic carbocycles.